The predicted molar refractivity (Wildman–Crippen MR) is 86.8 cm³/mol. The third kappa shape index (κ3) is 5.48. The zero-order chi connectivity index (χ0) is 16.5. The lowest BCUT2D eigenvalue weighted by Crippen LogP contribution is -2.50. The number of carbonyl (C=O) groups is 2. The van der Waals surface area contributed by atoms with Gasteiger partial charge in [-0.05, 0) is 30.9 Å². The Bertz CT molecular complexity index is 500. The minimum Gasteiger partial charge on any atom is -0.385 e. The monoisotopic (exact) mass is 306 g/mol. The summed E-state index contributed by atoms with van der Waals surface area (Å²) in [6.07, 6.45) is 0.749. The smallest absolute Gasteiger partial charge is 0.252 e. The van der Waals surface area contributed by atoms with E-state index < -0.39 is 6.04 Å². The fraction of sp³-hybridized carbons (Fsp3) is 0.529. The lowest BCUT2D eigenvalue weighted by molar-refractivity contribution is -0.123. The first-order chi connectivity index (χ1) is 10.5. The third-order valence-electron chi connectivity index (χ3n) is 3.45. The summed E-state index contributed by atoms with van der Waals surface area (Å²) in [7, 11) is 1.63. The third-order valence-corrected chi connectivity index (χ3v) is 3.45. The molecule has 0 bridgehead atoms. The molecule has 5 nitrogen and oxygen atoms in total. The summed E-state index contributed by atoms with van der Waals surface area (Å²) in [5.74, 6) is -0.368. The van der Waals surface area contributed by atoms with Crippen LogP contribution in [0.25, 0.3) is 0 Å². The number of nitrogens with one attached hydrogen (secondary N) is 2. The van der Waals surface area contributed by atoms with Gasteiger partial charge >= 0.3 is 0 Å². The molecule has 0 fully saturated rings. The molecule has 2 amide bonds. The highest BCUT2D eigenvalue weighted by Crippen LogP contribution is 2.09. The van der Waals surface area contributed by atoms with Gasteiger partial charge in [0.1, 0.15) is 6.04 Å². The zero-order valence-corrected chi connectivity index (χ0v) is 13.8. The van der Waals surface area contributed by atoms with Crippen LogP contribution in [-0.2, 0) is 9.53 Å². The van der Waals surface area contributed by atoms with Crippen LogP contribution in [0.3, 0.4) is 0 Å². The highest BCUT2D eigenvalue weighted by Gasteiger charge is 2.24. The van der Waals surface area contributed by atoms with E-state index in [4.69, 9.17) is 4.74 Å². The molecule has 0 radical (unpaired) electrons. The van der Waals surface area contributed by atoms with Crippen LogP contribution in [0, 0.1) is 12.8 Å². The fourth-order valence-corrected chi connectivity index (χ4v) is 2.12. The molecule has 1 aromatic carbocycles. The Kier molecular flexibility index (Phi) is 7.60. The highest BCUT2D eigenvalue weighted by atomic mass is 16.5. The summed E-state index contributed by atoms with van der Waals surface area (Å²) >= 11 is 0. The van der Waals surface area contributed by atoms with E-state index in [1.165, 1.54) is 0 Å². The van der Waals surface area contributed by atoms with Crippen molar-refractivity contribution in [2.75, 3.05) is 20.3 Å². The van der Waals surface area contributed by atoms with Gasteiger partial charge in [-0.3, -0.25) is 9.59 Å². The number of ether oxygens (including phenoxy) is 1. The first kappa shape index (κ1) is 18.2. The second kappa shape index (κ2) is 9.20. The van der Waals surface area contributed by atoms with Crippen LogP contribution in [0.1, 0.15) is 36.2 Å². The van der Waals surface area contributed by atoms with Gasteiger partial charge in [0, 0.05) is 25.8 Å². The van der Waals surface area contributed by atoms with Crippen molar-refractivity contribution >= 4 is 11.8 Å². The normalized spacial score (nSPS) is 12.0. The minimum atomic E-state index is -0.547. The number of hydrogen-bond acceptors (Lipinski definition) is 3. The van der Waals surface area contributed by atoms with Crippen LogP contribution in [0.4, 0.5) is 0 Å². The predicted octanol–water partition coefficient (Wildman–Crippen LogP) is 1.90. The number of carbonyl (C=O) groups excluding carboxylic acids is 2. The van der Waals surface area contributed by atoms with Gasteiger partial charge in [0.15, 0.2) is 0 Å². The molecule has 1 rings (SSSR count). The quantitative estimate of drug-likeness (QED) is 0.721. The Morgan fingerprint density at radius 2 is 1.91 bits per heavy atom. The molecular weight excluding hydrogens is 280 g/mol. The number of methoxy groups -OCH3 is 1. The number of benzene rings is 1. The van der Waals surface area contributed by atoms with Crippen LogP contribution < -0.4 is 10.6 Å². The summed E-state index contributed by atoms with van der Waals surface area (Å²) in [5, 5.41) is 5.67. The summed E-state index contributed by atoms with van der Waals surface area (Å²) in [4.78, 5) is 24.6. The number of aryl methyl sites for hydroxylation is 1. The van der Waals surface area contributed by atoms with Crippen molar-refractivity contribution < 1.29 is 14.3 Å². The van der Waals surface area contributed by atoms with E-state index in [2.05, 4.69) is 10.6 Å². The first-order valence-corrected chi connectivity index (χ1v) is 7.60. The van der Waals surface area contributed by atoms with E-state index in [-0.39, 0.29) is 17.7 Å². The summed E-state index contributed by atoms with van der Waals surface area (Å²) < 4.78 is 4.95. The zero-order valence-electron chi connectivity index (χ0n) is 13.8. The van der Waals surface area contributed by atoms with E-state index in [9.17, 15) is 9.59 Å². The van der Waals surface area contributed by atoms with Crippen LogP contribution in [0.15, 0.2) is 24.3 Å². The maximum atomic E-state index is 12.3. The SMILES string of the molecule is COCCCNC(=O)C(NC(=O)c1ccccc1C)C(C)C. The molecule has 5 heteroatoms. The average Bonchev–Trinajstić information content (AvgIpc) is 2.49. The van der Waals surface area contributed by atoms with Crippen molar-refractivity contribution in [3.8, 4) is 0 Å². The highest BCUT2D eigenvalue weighted by molar-refractivity contribution is 5.98. The molecule has 22 heavy (non-hydrogen) atoms. The second-order valence-electron chi connectivity index (χ2n) is 5.65. The first-order valence-electron chi connectivity index (χ1n) is 7.60. The lowest BCUT2D eigenvalue weighted by Gasteiger charge is -2.22. The Labute approximate surface area is 132 Å². The number of rotatable bonds is 8. The molecule has 0 aromatic heterocycles. The molecule has 0 heterocycles. The van der Waals surface area contributed by atoms with E-state index in [1.54, 1.807) is 13.2 Å². The van der Waals surface area contributed by atoms with Gasteiger partial charge < -0.3 is 15.4 Å². The largest absolute Gasteiger partial charge is 0.385 e. The molecule has 122 valence electrons. The van der Waals surface area contributed by atoms with Gasteiger partial charge in [-0.15, -0.1) is 0 Å². The van der Waals surface area contributed by atoms with E-state index in [0.29, 0.717) is 18.7 Å². The maximum Gasteiger partial charge on any atom is 0.252 e. The maximum absolute atomic E-state index is 12.3. The van der Waals surface area contributed by atoms with Crippen LogP contribution >= 0.6 is 0 Å². The Balaban J connectivity index is 2.66. The van der Waals surface area contributed by atoms with Crippen molar-refractivity contribution in [1.29, 1.82) is 0 Å². The van der Waals surface area contributed by atoms with E-state index in [0.717, 1.165) is 12.0 Å². The van der Waals surface area contributed by atoms with Crippen molar-refractivity contribution in [2.45, 2.75) is 33.2 Å². The second-order valence-corrected chi connectivity index (χ2v) is 5.65. The van der Waals surface area contributed by atoms with Gasteiger partial charge in [0.25, 0.3) is 5.91 Å². The van der Waals surface area contributed by atoms with Gasteiger partial charge in [-0.25, -0.2) is 0 Å². The minimum absolute atomic E-state index is 0.00962. The van der Waals surface area contributed by atoms with Gasteiger partial charge in [0.2, 0.25) is 5.91 Å². The Morgan fingerprint density at radius 3 is 2.50 bits per heavy atom. The van der Waals surface area contributed by atoms with Gasteiger partial charge in [-0.1, -0.05) is 32.0 Å². The molecule has 1 atom stereocenters. The van der Waals surface area contributed by atoms with E-state index >= 15 is 0 Å². The molecule has 1 unspecified atom stereocenters. The van der Waals surface area contributed by atoms with E-state index in [1.807, 2.05) is 39.0 Å². The molecular formula is C17H26N2O3. The average molecular weight is 306 g/mol. The molecule has 0 aliphatic rings. The lowest BCUT2D eigenvalue weighted by atomic mass is 10.0. The van der Waals surface area contributed by atoms with Crippen LogP contribution in [0.5, 0.6) is 0 Å². The molecule has 2 N–H and O–H groups in total. The summed E-state index contributed by atoms with van der Waals surface area (Å²) in [6.45, 7) is 6.84. The molecule has 0 saturated carbocycles. The Hall–Kier alpha value is -1.88. The van der Waals surface area contributed by atoms with Gasteiger partial charge in [0.05, 0.1) is 0 Å². The van der Waals surface area contributed by atoms with Crippen molar-refractivity contribution in [3.63, 3.8) is 0 Å². The van der Waals surface area contributed by atoms with Crippen molar-refractivity contribution in [2.24, 2.45) is 5.92 Å². The van der Waals surface area contributed by atoms with Crippen LogP contribution in [0.2, 0.25) is 0 Å². The van der Waals surface area contributed by atoms with Crippen LogP contribution in [-0.4, -0.2) is 38.1 Å². The molecule has 0 aliphatic heterocycles. The number of hydrogen-bond donors (Lipinski definition) is 2. The molecule has 1 aromatic rings. The molecule has 0 aliphatic carbocycles. The van der Waals surface area contributed by atoms with Crippen molar-refractivity contribution in [3.05, 3.63) is 35.4 Å². The number of amides is 2. The van der Waals surface area contributed by atoms with Gasteiger partial charge in [-0.2, -0.15) is 0 Å². The van der Waals surface area contributed by atoms with Crippen molar-refractivity contribution in [1.82, 2.24) is 10.6 Å². The Morgan fingerprint density at radius 1 is 1.23 bits per heavy atom. The summed E-state index contributed by atoms with van der Waals surface area (Å²) in [6, 6.07) is 6.79. The molecule has 0 saturated heterocycles. The summed E-state index contributed by atoms with van der Waals surface area (Å²) in [5.41, 5.74) is 1.49. The topological polar surface area (TPSA) is 67.4 Å². The fourth-order valence-electron chi connectivity index (χ4n) is 2.12. The standard InChI is InChI=1S/C17H26N2O3/c1-12(2)15(17(21)18-10-7-11-22-4)19-16(20)14-9-6-5-8-13(14)3/h5-6,8-9,12,15H,7,10-11H2,1-4H3,(H,18,21)(H,19,20). The molecule has 0 spiro atoms.